The third-order valence-corrected chi connectivity index (χ3v) is 6.71. The SMILES string of the molecule is CCc1c(CNCC(O)c2ccccc2)cccc1Nc1c(OC(N)=O)cnc2[nH]c(-c3ccc(F)cc3)cc12. The van der Waals surface area contributed by atoms with Crippen molar-refractivity contribution in [3.8, 4) is 17.0 Å². The molecule has 3 aromatic carbocycles. The molecule has 0 radical (unpaired) electrons. The fraction of sp³-hybridized carbons (Fsp3) is 0.161. The monoisotopic (exact) mass is 539 g/mol. The summed E-state index contributed by atoms with van der Waals surface area (Å²) in [6, 6.07) is 23.5. The molecule has 0 saturated heterocycles. The number of primary amides is 1. The van der Waals surface area contributed by atoms with Crippen molar-refractivity contribution in [1.82, 2.24) is 15.3 Å². The normalized spacial score (nSPS) is 11.9. The Labute approximate surface area is 231 Å². The first-order valence-corrected chi connectivity index (χ1v) is 13.0. The standard InChI is InChI=1S/C31H30FN5O3/c1-2-23-21(16-34-17-27(38)20-7-4-3-5-8-20)9-6-10-25(23)36-29-24-15-26(19-11-13-22(32)14-12-19)37-30(24)35-18-28(29)40-31(33)39/h3-15,18,27,34,38H,2,16-17H2,1H3,(H2,33,39)(H2,35,36,37). The number of nitrogens with zero attached hydrogens (tertiary/aromatic N) is 1. The van der Waals surface area contributed by atoms with E-state index in [-0.39, 0.29) is 11.6 Å². The zero-order valence-corrected chi connectivity index (χ0v) is 21.9. The van der Waals surface area contributed by atoms with Crippen molar-refractivity contribution < 1.29 is 19.0 Å². The van der Waals surface area contributed by atoms with Gasteiger partial charge in [-0.3, -0.25) is 0 Å². The van der Waals surface area contributed by atoms with E-state index >= 15 is 0 Å². The topological polar surface area (TPSA) is 125 Å². The minimum atomic E-state index is -0.955. The summed E-state index contributed by atoms with van der Waals surface area (Å²) in [7, 11) is 0. The summed E-state index contributed by atoms with van der Waals surface area (Å²) in [4.78, 5) is 19.4. The summed E-state index contributed by atoms with van der Waals surface area (Å²) in [5.41, 5.74) is 11.8. The van der Waals surface area contributed by atoms with Gasteiger partial charge in [0.05, 0.1) is 18.0 Å². The second kappa shape index (κ2) is 12.0. The van der Waals surface area contributed by atoms with Gasteiger partial charge in [-0.05, 0) is 65.1 Å². The van der Waals surface area contributed by atoms with Gasteiger partial charge in [-0.2, -0.15) is 0 Å². The Balaban J connectivity index is 1.45. The van der Waals surface area contributed by atoms with Gasteiger partial charge in [0, 0.05) is 29.9 Å². The lowest BCUT2D eigenvalue weighted by Gasteiger charge is -2.18. The maximum absolute atomic E-state index is 13.5. The van der Waals surface area contributed by atoms with E-state index in [1.807, 2.05) is 54.6 Å². The van der Waals surface area contributed by atoms with Crippen molar-refractivity contribution in [2.75, 3.05) is 11.9 Å². The fourth-order valence-corrected chi connectivity index (χ4v) is 4.76. The molecule has 0 aliphatic rings. The number of fused-ring (bicyclic) bond motifs is 1. The van der Waals surface area contributed by atoms with Gasteiger partial charge in [-0.1, -0.05) is 49.4 Å². The second-order valence-electron chi connectivity index (χ2n) is 9.35. The van der Waals surface area contributed by atoms with Gasteiger partial charge in [-0.15, -0.1) is 0 Å². The molecule has 0 aliphatic carbocycles. The van der Waals surface area contributed by atoms with Crippen molar-refractivity contribution >= 4 is 28.5 Å². The first kappa shape index (κ1) is 26.9. The number of aromatic nitrogens is 2. The highest BCUT2D eigenvalue weighted by Gasteiger charge is 2.18. The van der Waals surface area contributed by atoms with Crippen LogP contribution in [0.4, 0.5) is 20.6 Å². The molecule has 0 aliphatic heterocycles. The number of aromatic amines is 1. The highest BCUT2D eigenvalue weighted by molar-refractivity contribution is 5.98. The third kappa shape index (κ3) is 5.96. The number of anilines is 2. The van der Waals surface area contributed by atoms with Gasteiger partial charge in [0.2, 0.25) is 0 Å². The molecule has 0 spiro atoms. The molecule has 1 atom stereocenters. The summed E-state index contributed by atoms with van der Waals surface area (Å²) in [6.45, 7) is 3.02. The van der Waals surface area contributed by atoms with Crippen LogP contribution in [0.1, 0.15) is 29.7 Å². The molecule has 5 rings (SSSR count). The molecule has 6 N–H and O–H groups in total. The largest absolute Gasteiger partial charge is 0.410 e. The summed E-state index contributed by atoms with van der Waals surface area (Å²) < 4.78 is 18.8. The summed E-state index contributed by atoms with van der Waals surface area (Å²) >= 11 is 0. The minimum Gasteiger partial charge on any atom is -0.407 e. The number of nitrogens with one attached hydrogen (secondary N) is 3. The number of rotatable bonds is 10. The van der Waals surface area contributed by atoms with Gasteiger partial charge in [-0.25, -0.2) is 14.2 Å². The Bertz CT molecular complexity index is 1620. The molecule has 9 heteroatoms. The van der Waals surface area contributed by atoms with Crippen molar-refractivity contribution in [3.05, 3.63) is 108 Å². The molecule has 0 saturated carbocycles. The number of hydrogen-bond acceptors (Lipinski definition) is 6. The molecule has 2 heterocycles. The first-order valence-electron chi connectivity index (χ1n) is 13.0. The van der Waals surface area contributed by atoms with Gasteiger partial charge in [0.25, 0.3) is 0 Å². The van der Waals surface area contributed by atoms with Crippen molar-refractivity contribution in [2.24, 2.45) is 5.73 Å². The van der Waals surface area contributed by atoms with Crippen molar-refractivity contribution in [2.45, 2.75) is 26.0 Å². The van der Waals surface area contributed by atoms with Crippen LogP contribution < -0.4 is 21.1 Å². The number of carbonyl (C=O) groups is 1. The Morgan fingerprint density at radius 1 is 1.10 bits per heavy atom. The Kier molecular flexibility index (Phi) is 8.04. The smallest absolute Gasteiger partial charge is 0.407 e. The van der Waals surface area contributed by atoms with Gasteiger partial charge in [0.15, 0.2) is 5.75 Å². The second-order valence-corrected chi connectivity index (χ2v) is 9.35. The van der Waals surface area contributed by atoms with E-state index in [0.717, 1.165) is 40.1 Å². The summed E-state index contributed by atoms with van der Waals surface area (Å²) in [5, 5.41) is 18.0. The third-order valence-electron chi connectivity index (χ3n) is 6.71. The number of amides is 1. The molecule has 0 fully saturated rings. The van der Waals surface area contributed by atoms with Crippen LogP contribution in [-0.4, -0.2) is 27.7 Å². The Morgan fingerprint density at radius 2 is 1.88 bits per heavy atom. The quantitative estimate of drug-likeness (QED) is 0.149. The van der Waals surface area contributed by atoms with Crippen molar-refractivity contribution in [3.63, 3.8) is 0 Å². The number of benzene rings is 3. The van der Waals surface area contributed by atoms with E-state index in [4.69, 9.17) is 10.5 Å². The zero-order valence-electron chi connectivity index (χ0n) is 21.9. The van der Waals surface area contributed by atoms with Gasteiger partial charge >= 0.3 is 6.09 Å². The van der Waals surface area contributed by atoms with Crippen LogP contribution in [0, 0.1) is 5.82 Å². The molecule has 8 nitrogen and oxygen atoms in total. The van der Waals surface area contributed by atoms with Crippen LogP contribution in [0.2, 0.25) is 0 Å². The summed E-state index contributed by atoms with van der Waals surface area (Å²) in [5.74, 6) is -0.144. The van der Waals surface area contributed by atoms with E-state index < -0.39 is 12.2 Å². The number of halogens is 1. The predicted octanol–water partition coefficient (Wildman–Crippen LogP) is 5.96. The zero-order chi connectivity index (χ0) is 28.1. The minimum absolute atomic E-state index is 0.182. The molecule has 2 aromatic heterocycles. The van der Waals surface area contributed by atoms with E-state index in [2.05, 4.69) is 27.5 Å². The van der Waals surface area contributed by atoms with Gasteiger partial charge < -0.3 is 31.2 Å². The first-order chi connectivity index (χ1) is 19.4. The summed E-state index contributed by atoms with van der Waals surface area (Å²) in [6.07, 6.45) is 0.595. The average molecular weight is 540 g/mol. The number of carbonyl (C=O) groups excluding carboxylic acids is 1. The molecule has 5 aromatic rings. The lowest BCUT2D eigenvalue weighted by molar-refractivity contribution is 0.174. The maximum atomic E-state index is 13.5. The number of hydrogen-bond donors (Lipinski definition) is 5. The van der Waals surface area contributed by atoms with E-state index in [9.17, 15) is 14.3 Å². The molecule has 1 unspecified atom stereocenters. The number of H-pyrrole nitrogens is 1. The van der Waals surface area contributed by atoms with Gasteiger partial charge in [0.1, 0.15) is 11.5 Å². The number of ether oxygens (including phenoxy) is 1. The number of nitrogens with two attached hydrogens (primary N) is 1. The lowest BCUT2D eigenvalue weighted by atomic mass is 10.0. The molecular weight excluding hydrogens is 509 g/mol. The Hall–Kier alpha value is -4.73. The molecule has 0 bridgehead atoms. The number of aliphatic hydroxyl groups excluding tert-OH is 1. The van der Waals surface area contributed by atoms with Crippen LogP contribution in [-0.2, 0) is 13.0 Å². The average Bonchev–Trinajstić information content (AvgIpc) is 3.40. The van der Waals surface area contributed by atoms with E-state index in [1.165, 1.54) is 18.3 Å². The van der Waals surface area contributed by atoms with Crippen LogP contribution in [0.5, 0.6) is 5.75 Å². The van der Waals surface area contributed by atoms with Crippen LogP contribution in [0.25, 0.3) is 22.3 Å². The highest BCUT2D eigenvalue weighted by atomic mass is 19.1. The van der Waals surface area contributed by atoms with E-state index in [0.29, 0.717) is 29.8 Å². The van der Waals surface area contributed by atoms with E-state index in [1.54, 1.807) is 12.1 Å². The maximum Gasteiger partial charge on any atom is 0.410 e. The molecular formula is C31H30FN5O3. The van der Waals surface area contributed by atoms with Crippen LogP contribution in [0.15, 0.2) is 85.1 Å². The number of aliphatic hydroxyl groups is 1. The van der Waals surface area contributed by atoms with Crippen LogP contribution in [0.3, 0.4) is 0 Å². The molecule has 204 valence electrons. The molecule has 1 amide bonds. The molecule has 40 heavy (non-hydrogen) atoms. The highest BCUT2D eigenvalue weighted by Crippen LogP contribution is 2.38. The van der Waals surface area contributed by atoms with Crippen molar-refractivity contribution in [1.29, 1.82) is 0 Å². The van der Waals surface area contributed by atoms with Crippen LogP contribution >= 0.6 is 0 Å². The fourth-order valence-electron chi connectivity index (χ4n) is 4.76. The Morgan fingerprint density at radius 3 is 2.60 bits per heavy atom. The number of pyridine rings is 1. The lowest BCUT2D eigenvalue weighted by Crippen LogP contribution is -2.22. The predicted molar refractivity (Wildman–Crippen MR) is 154 cm³/mol.